The first-order valence-corrected chi connectivity index (χ1v) is 13.7. The number of amides is 3. The highest BCUT2D eigenvalue weighted by atomic mass is 35.5. The molecule has 0 bridgehead atoms. The molecule has 1 fully saturated rings. The number of halogens is 2. The van der Waals surface area contributed by atoms with E-state index in [0.29, 0.717) is 32.2 Å². The number of aliphatic carboxylic acids is 2. The number of carboxylic acids is 2. The number of carbonyl (C=O) groups is 5. The van der Waals surface area contributed by atoms with E-state index in [0.717, 1.165) is 11.1 Å². The molecule has 4 N–H and O–H groups in total. The van der Waals surface area contributed by atoms with Crippen molar-refractivity contribution in [3.8, 4) is 0 Å². The van der Waals surface area contributed by atoms with E-state index in [2.05, 4.69) is 10.6 Å². The monoisotopic (exact) mass is 591 g/mol. The molecule has 1 aliphatic heterocycles. The minimum atomic E-state index is -1.19. The summed E-state index contributed by atoms with van der Waals surface area (Å²) in [4.78, 5) is 62.0. The van der Waals surface area contributed by atoms with Crippen LogP contribution in [-0.2, 0) is 32.1 Å². The highest BCUT2D eigenvalue weighted by molar-refractivity contribution is 6.39. The molecule has 2 atom stereocenters. The number of nitrogens with one attached hydrogen (secondary N) is 2. The van der Waals surface area contributed by atoms with E-state index >= 15 is 0 Å². The Kier molecular flexibility index (Phi) is 11.3. The largest absolute Gasteiger partial charge is 0.481 e. The fourth-order valence-electron chi connectivity index (χ4n) is 4.51. The molecule has 3 amide bonds. The summed E-state index contributed by atoms with van der Waals surface area (Å²) in [5, 5.41) is 24.4. The lowest BCUT2D eigenvalue weighted by atomic mass is 9.99. The molecule has 214 valence electrons. The highest BCUT2D eigenvalue weighted by Gasteiger charge is 2.34. The number of hydrogen-bond donors (Lipinski definition) is 4. The molecule has 0 spiro atoms. The summed E-state index contributed by atoms with van der Waals surface area (Å²) in [6.07, 6.45) is 1.73. The number of carboxylic acid groups (broad SMARTS) is 2. The van der Waals surface area contributed by atoms with Crippen LogP contribution < -0.4 is 10.6 Å². The Hall–Kier alpha value is -3.63. The zero-order chi connectivity index (χ0) is 29.2. The molecule has 2 unspecified atom stereocenters. The van der Waals surface area contributed by atoms with Crippen molar-refractivity contribution in [2.45, 2.75) is 63.6 Å². The van der Waals surface area contributed by atoms with Crippen LogP contribution >= 0.6 is 23.2 Å². The number of likely N-dealkylation sites (tertiary alicyclic amines) is 1. The van der Waals surface area contributed by atoms with Crippen LogP contribution in [0.5, 0.6) is 0 Å². The molecular weight excluding hydrogens is 561 g/mol. The van der Waals surface area contributed by atoms with Crippen molar-refractivity contribution in [1.82, 2.24) is 15.5 Å². The fourth-order valence-corrected chi connectivity index (χ4v) is 5.07. The van der Waals surface area contributed by atoms with E-state index in [4.69, 9.17) is 28.3 Å². The average molecular weight is 592 g/mol. The second-order valence-electron chi connectivity index (χ2n) is 9.53. The summed E-state index contributed by atoms with van der Waals surface area (Å²) in [6.45, 7) is 0.560. The van der Waals surface area contributed by atoms with Crippen molar-refractivity contribution in [1.29, 1.82) is 0 Å². The minimum absolute atomic E-state index is 0.127. The Morgan fingerprint density at radius 2 is 1.57 bits per heavy atom. The van der Waals surface area contributed by atoms with E-state index in [9.17, 15) is 29.1 Å². The number of benzene rings is 2. The maximum atomic E-state index is 13.0. The van der Waals surface area contributed by atoms with Gasteiger partial charge in [0.1, 0.15) is 12.1 Å². The summed E-state index contributed by atoms with van der Waals surface area (Å²) in [6, 6.07) is 10.1. The summed E-state index contributed by atoms with van der Waals surface area (Å²) in [5.74, 6) is -3.68. The first-order valence-electron chi connectivity index (χ1n) is 12.9. The predicted octanol–water partition coefficient (Wildman–Crippen LogP) is 3.67. The molecule has 3 rings (SSSR count). The molecule has 0 saturated carbocycles. The van der Waals surface area contributed by atoms with Gasteiger partial charge in [0.05, 0.1) is 22.0 Å². The molecule has 1 saturated heterocycles. The van der Waals surface area contributed by atoms with Gasteiger partial charge in [-0.25, -0.2) is 4.79 Å². The Balaban J connectivity index is 1.54. The lowest BCUT2D eigenvalue weighted by molar-refractivity contribution is -0.147. The van der Waals surface area contributed by atoms with Gasteiger partial charge < -0.3 is 25.7 Å². The molecule has 0 aromatic heterocycles. The van der Waals surface area contributed by atoms with Crippen LogP contribution in [0.1, 0.15) is 60.0 Å². The maximum Gasteiger partial charge on any atom is 0.326 e. The van der Waals surface area contributed by atoms with Crippen LogP contribution in [0.3, 0.4) is 0 Å². The Labute approximate surface area is 241 Å². The molecule has 2 aromatic carbocycles. The smallest absolute Gasteiger partial charge is 0.326 e. The Bertz CT molecular complexity index is 1230. The van der Waals surface area contributed by atoms with E-state index in [1.165, 1.54) is 4.90 Å². The summed E-state index contributed by atoms with van der Waals surface area (Å²) < 4.78 is 0. The zero-order valence-corrected chi connectivity index (χ0v) is 23.2. The molecule has 1 aliphatic rings. The van der Waals surface area contributed by atoms with Gasteiger partial charge in [-0.15, -0.1) is 0 Å². The normalized spacial score (nSPS) is 15.7. The highest BCUT2D eigenvalue weighted by Crippen LogP contribution is 2.24. The average Bonchev–Trinajstić information content (AvgIpc) is 2.93. The van der Waals surface area contributed by atoms with Crippen molar-refractivity contribution < 1.29 is 34.2 Å². The van der Waals surface area contributed by atoms with Crippen molar-refractivity contribution in [2.24, 2.45) is 0 Å². The number of rotatable bonds is 12. The summed E-state index contributed by atoms with van der Waals surface area (Å²) in [7, 11) is 0. The van der Waals surface area contributed by atoms with Gasteiger partial charge in [-0.3, -0.25) is 19.2 Å². The topological polar surface area (TPSA) is 153 Å². The van der Waals surface area contributed by atoms with E-state index in [-0.39, 0.29) is 41.4 Å². The first-order chi connectivity index (χ1) is 19.1. The molecule has 2 aromatic rings. The van der Waals surface area contributed by atoms with Crippen LogP contribution in [0, 0.1) is 0 Å². The molecule has 10 nitrogen and oxygen atoms in total. The van der Waals surface area contributed by atoms with Gasteiger partial charge in [0.25, 0.3) is 5.91 Å². The molecule has 40 heavy (non-hydrogen) atoms. The van der Waals surface area contributed by atoms with Gasteiger partial charge >= 0.3 is 11.9 Å². The maximum absolute atomic E-state index is 13.0. The number of carbonyl (C=O) groups excluding carboxylic acids is 3. The lowest BCUT2D eigenvalue weighted by Crippen LogP contribution is -2.55. The predicted molar refractivity (Wildman–Crippen MR) is 148 cm³/mol. The van der Waals surface area contributed by atoms with Crippen LogP contribution in [0.25, 0.3) is 0 Å². The van der Waals surface area contributed by atoms with Crippen molar-refractivity contribution >= 4 is 52.9 Å². The molecule has 0 radical (unpaired) electrons. The number of hydrogen-bond acceptors (Lipinski definition) is 5. The van der Waals surface area contributed by atoms with Gasteiger partial charge in [0.15, 0.2) is 0 Å². The number of nitrogens with zero attached hydrogens (tertiary/aromatic N) is 1. The Morgan fingerprint density at radius 3 is 2.20 bits per heavy atom. The molecule has 1 heterocycles. The van der Waals surface area contributed by atoms with Gasteiger partial charge in [-0.2, -0.15) is 0 Å². The van der Waals surface area contributed by atoms with Gasteiger partial charge in [0, 0.05) is 19.5 Å². The second kappa shape index (κ2) is 14.7. The third-order valence-corrected chi connectivity index (χ3v) is 7.31. The summed E-state index contributed by atoms with van der Waals surface area (Å²) in [5.41, 5.74) is 1.85. The van der Waals surface area contributed by atoms with Crippen molar-refractivity contribution in [2.75, 3.05) is 6.54 Å². The lowest BCUT2D eigenvalue weighted by Gasteiger charge is -2.35. The first kappa shape index (κ1) is 30.9. The zero-order valence-electron chi connectivity index (χ0n) is 21.7. The number of piperidine rings is 1. The SMILES string of the molecule is O=C(O)CCC(=O)N1CCCCC1C(=O)NC(CCc1ccc(CNC(=O)c2c(Cl)cccc2Cl)cc1)C(=O)O. The summed E-state index contributed by atoms with van der Waals surface area (Å²) >= 11 is 12.2. The molecule has 12 heteroatoms. The minimum Gasteiger partial charge on any atom is -0.481 e. The molecule has 0 aliphatic carbocycles. The van der Waals surface area contributed by atoms with Crippen LogP contribution in [0.15, 0.2) is 42.5 Å². The standard InChI is InChI=1S/C28H31Cl2N3O7/c29-19-4-3-5-20(30)25(19)27(38)31-16-18-9-7-17(8-10-18)11-12-21(28(39)40)32-26(37)22-6-1-2-15-33(22)23(34)13-14-24(35)36/h3-5,7-10,21-22H,1-2,6,11-16H2,(H,31,38)(H,32,37)(H,35,36)(H,39,40). The van der Waals surface area contributed by atoms with Crippen LogP contribution in [0.2, 0.25) is 10.0 Å². The van der Waals surface area contributed by atoms with Crippen molar-refractivity contribution in [3.05, 3.63) is 69.2 Å². The van der Waals surface area contributed by atoms with Gasteiger partial charge in [-0.1, -0.05) is 53.5 Å². The van der Waals surface area contributed by atoms with E-state index in [1.54, 1.807) is 30.3 Å². The second-order valence-corrected chi connectivity index (χ2v) is 10.3. The van der Waals surface area contributed by atoms with E-state index in [1.807, 2.05) is 12.1 Å². The van der Waals surface area contributed by atoms with Crippen LogP contribution in [-0.4, -0.2) is 63.4 Å². The number of aryl methyl sites for hydroxylation is 1. The van der Waals surface area contributed by atoms with Gasteiger partial charge in [0.2, 0.25) is 11.8 Å². The Morgan fingerprint density at radius 1 is 0.925 bits per heavy atom. The van der Waals surface area contributed by atoms with E-state index < -0.39 is 41.7 Å². The fraction of sp³-hybridized carbons (Fsp3) is 0.393. The van der Waals surface area contributed by atoms with Crippen LogP contribution in [0.4, 0.5) is 0 Å². The van der Waals surface area contributed by atoms with Crippen molar-refractivity contribution in [3.63, 3.8) is 0 Å². The quantitative estimate of drug-likeness (QED) is 0.293. The third-order valence-electron chi connectivity index (χ3n) is 6.68. The van der Waals surface area contributed by atoms with Gasteiger partial charge in [-0.05, 0) is 55.4 Å². The molecular formula is C28H31Cl2N3O7. The third kappa shape index (κ3) is 8.69.